The van der Waals surface area contributed by atoms with Gasteiger partial charge in [0, 0.05) is 35.5 Å². The van der Waals surface area contributed by atoms with Crippen molar-refractivity contribution in [3.05, 3.63) is 31.7 Å². The second-order valence-corrected chi connectivity index (χ2v) is 7.68. The molecule has 2 aromatic heterocycles. The Balaban J connectivity index is 1.85. The summed E-state index contributed by atoms with van der Waals surface area (Å²) in [5.74, 6) is 0.838. The minimum absolute atomic E-state index is 0.617. The number of guanidine groups is 1. The molecule has 126 valence electrons. The second-order valence-electron chi connectivity index (χ2n) is 5.20. The normalized spacial score (nSPS) is 11.7. The van der Waals surface area contributed by atoms with Crippen LogP contribution in [0.1, 0.15) is 39.3 Å². The Labute approximate surface area is 146 Å². The molecule has 0 unspecified atom stereocenters. The highest BCUT2D eigenvalue weighted by Crippen LogP contribution is 2.17. The molecule has 2 N–H and O–H groups in total. The predicted octanol–water partition coefficient (Wildman–Crippen LogP) is 3.08. The fourth-order valence-corrected chi connectivity index (χ4v) is 3.73. The molecule has 0 aliphatic heterocycles. The molecule has 0 aliphatic rings. The van der Waals surface area contributed by atoms with Gasteiger partial charge in [-0.25, -0.2) is 15.0 Å². The second kappa shape index (κ2) is 8.98. The lowest BCUT2D eigenvalue weighted by molar-refractivity contribution is 0.795. The Morgan fingerprint density at radius 1 is 1.17 bits per heavy atom. The highest BCUT2D eigenvalue weighted by atomic mass is 32.1. The highest BCUT2D eigenvalue weighted by Gasteiger charge is 2.05. The van der Waals surface area contributed by atoms with E-state index in [2.05, 4.69) is 46.4 Å². The molecule has 0 saturated carbocycles. The van der Waals surface area contributed by atoms with Gasteiger partial charge in [-0.15, -0.1) is 22.7 Å². The number of aromatic nitrogens is 2. The van der Waals surface area contributed by atoms with Gasteiger partial charge in [-0.2, -0.15) is 0 Å². The molecule has 0 saturated heterocycles. The maximum Gasteiger partial charge on any atom is 0.191 e. The number of nitrogens with one attached hydrogen (secondary N) is 2. The fourth-order valence-electron chi connectivity index (χ4n) is 2.01. The summed E-state index contributed by atoms with van der Waals surface area (Å²) in [5.41, 5.74) is 1.11. The molecule has 0 amide bonds. The van der Waals surface area contributed by atoms with Crippen LogP contribution in [0.5, 0.6) is 0 Å². The van der Waals surface area contributed by atoms with Crippen LogP contribution >= 0.6 is 22.7 Å². The smallest absolute Gasteiger partial charge is 0.191 e. The van der Waals surface area contributed by atoms with Crippen LogP contribution in [0.15, 0.2) is 11.2 Å². The first-order chi connectivity index (χ1) is 11.1. The summed E-state index contributed by atoms with van der Waals surface area (Å²) < 4.78 is 0. The van der Waals surface area contributed by atoms with E-state index in [4.69, 9.17) is 0 Å². The largest absolute Gasteiger partial charge is 0.357 e. The molecule has 0 spiro atoms. The lowest BCUT2D eigenvalue weighted by Gasteiger charge is -2.10. The first-order valence-corrected chi connectivity index (χ1v) is 9.64. The maximum atomic E-state index is 4.62. The van der Waals surface area contributed by atoms with Crippen LogP contribution in [-0.4, -0.2) is 29.0 Å². The SMILES string of the molecule is CCNC(=NCc1nc(C)c(C)s1)NCCc1ncc(CC)s1. The summed E-state index contributed by atoms with van der Waals surface area (Å²) in [6, 6.07) is 0. The monoisotopic (exact) mass is 351 g/mol. The zero-order chi connectivity index (χ0) is 16.7. The van der Waals surface area contributed by atoms with Crippen molar-refractivity contribution in [1.29, 1.82) is 0 Å². The van der Waals surface area contributed by atoms with Crippen molar-refractivity contribution < 1.29 is 0 Å². The van der Waals surface area contributed by atoms with Crippen molar-refractivity contribution in [2.24, 2.45) is 4.99 Å². The summed E-state index contributed by atoms with van der Waals surface area (Å²) in [4.78, 5) is 16.2. The van der Waals surface area contributed by atoms with Crippen LogP contribution in [0.2, 0.25) is 0 Å². The van der Waals surface area contributed by atoms with E-state index < -0.39 is 0 Å². The Hall–Kier alpha value is -1.47. The van der Waals surface area contributed by atoms with E-state index in [9.17, 15) is 0 Å². The topological polar surface area (TPSA) is 62.2 Å². The number of aryl methyl sites for hydroxylation is 3. The molecular weight excluding hydrogens is 326 g/mol. The third-order valence-corrected chi connectivity index (χ3v) is 5.63. The van der Waals surface area contributed by atoms with Gasteiger partial charge in [0.05, 0.1) is 17.2 Å². The summed E-state index contributed by atoms with van der Waals surface area (Å²) in [5, 5.41) is 8.88. The van der Waals surface area contributed by atoms with Crippen LogP contribution in [0.25, 0.3) is 0 Å². The van der Waals surface area contributed by atoms with E-state index in [-0.39, 0.29) is 0 Å². The predicted molar refractivity (Wildman–Crippen MR) is 99.6 cm³/mol. The van der Waals surface area contributed by atoms with Crippen molar-refractivity contribution in [3.63, 3.8) is 0 Å². The van der Waals surface area contributed by atoms with E-state index >= 15 is 0 Å². The molecule has 0 bridgehead atoms. The van der Waals surface area contributed by atoms with Crippen LogP contribution in [0.3, 0.4) is 0 Å². The minimum atomic E-state index is 0.617. The van der Waals surface area contributed by atoms with Gasteiger partial charge in [-0.3, -0.25) is 0 Å². The van der Waals surface area contributed by atoms with Gasteiger partial charge in [0.2, 0.25) is 0 Å². The first kappa shape index (κ1) is 17.9. The summed E-state index contributed by atoms with van der Waals surface area (Å²) >= 11 is 3.51. The number of thiazole rings is 2. The van der Waals surface area contributed by atoms with Gasteiger partial charge in [0.1, 0.15) is 5.01 Å². The van der Waals surface area contributed by atoms with Crippen molar-refractivity contribution in [2.45, 2.75) is 47.1 Å². The Kier molecular flexibility index (Phi) is 6.98. The standard InChI is InChI=1S/C16H25N5S2/c1-5-13-9-19-14(23-13)7-8-18-16(17-6-2)20-10-15-21-11(3)12(4)22-15/h9H,5-8,10H2,1-4H3,(H2,17,18,20). The minimum Gasteiger partial charge on any atom is -0.357 e. The van der Waals surface area contributed by atoms with Crippen molar-refractivity contribution in [2.75, 3.05) is 13.1 Å². The Morgan fingerprint density at radius 3 is 2.61 bits per heavy atom. The molecule has 0 radical (unpaired) electrons. The molecule has 2 aromatic rings. The van der Waals surface area contributed by atoms with Crippen LogP contribution in [0.4, 0.5) is 0 Å². The van der Waals surface area contributed by atoms with E-state index in [1.165, 1.54) is 14.8 Å². The third kappa shape index (κ3) is 5.58. The lowest BCUT2D eigenvalue weighted by atomic mass is 10.4. The van der Waals surface area contributed by atoms with E-state index in [1.54, 1.807) is 22.7 Å². The molecule has 0 aliphatic carbocycles. The summed E-state index contributed by atoms with van der Waals surface area (Å²) in [6.45, 7) is 10.7. The molecule has 2 heterocycles. The fraction of sp³-hybridized carbons (Fsp3) is 0.562. The highest BCUT2D eigenvalue weighted by molar-refractivity contribution is 7.11. The molecule has 0 fully saturated rings. The molecule has 5 nitrogen and oxygen atoms in total. The van der Waals surface area contributed by atoms with Gasteiger partial charge in [0.15, 0.2) is 5.96 Å². The first-order valence-electron chi connectivity index (χ1n) is 8.01. The number of aliphatic imine (C=N–C) groups is 1. The van der Waals surface area contributed by atoms with Gasteiger partial charge < -0.3 is 10.6 Å². The van der Waals surface area contributed by atoms with Crippen LogP contribution in [0, 0.1) is 13.8 Å². The summed E-state index contributed by atoms with van der Waals surface area (Å²) in [7, 11) is 0. The molecule has 7 heteroatoms. The van der Waals surface area contributed by atoms with Crippen molar-refractivity contribution in [3.8, 4) is 0 Å². The Bertz CT molecular complexity index is 625. The van der Waals surface area contributed by atoms with Gasteiger partial charge in [-0.1, -0.05) is 6.92 Å². The summed E-state index contributed by atoms with van der Waals surface area (Å²) in [6.07, 6.45) is 3.96. The van der Waals surface area contributed by atoms with Crippen molar-refractivity contribution in [1.82, 2.24) is 20.6 Å². The number of rotatable bonds is 7. The molecule has 0 atom stereocenters. The molecule has 23 heavy (non-hydrogen) atoms. The molecule has 2 rings (SSSR count). The van der Waals surface area contributed by atoms with Crippen LogP contribution < -0.4 is 10.6 Å². The maximum absolute atomic E-state index is 4.62. The third-order valence-electron chi connectivity index (χ3n) is 3.37. The van der Waals surface area contributed by atoms with Gasteiger partial charge in [0.25, 0.3) is 0 Å². The zero-order valence-corrected chi connectivity index (χ0v) is 15.9. The number of nitrogens with zero attached hydrogens (tertiary/aromatic N) is 3. The van der Waals surface area contributed by atoms with Gasteiger partial charge >= 0.3 is 0 Å². The van der Waals surface area contributed by atoms with E-state index in [0.717, 1.165) is 42.6 Å². The average molecular weight is 352 g/mol. The quantitative estimate of drug-likeness (QED) is 0.594. The molecule has 0 aromatic carbocycles. The zero-order valence-electron chi connectivity index (χ0n) is 14.3. The average Bonchev–Trinajstić information content (AvgIpc) is 3.12. The van der Waals surface area contributed by atoms with Crippen molar-refractivity contribution >= 4 is 28.6 Å². The lowest BCUT2D eigenvalue weighted by Crippen LogP contribution is -2.38. The Morgan fingerprint density at radius 2 is 2.00 bits per heavy atom. The number of hydrogen-bond donors (Lipinski definition) is 2. The van der Waals surface area contributed by atoms with Crippen LogP contribution in [-0.2, 0) is 19.4 Å². The van der Waals surface area contributed by atoms with E-state index in [1.807, 2.05) is 13.1 Å². The van der Waals surface area contributed by atoms with Gasteiger partial charge in [-0.05, 0) is 27.2 Å². The van der Waals surface area contributed by atoms with E-state index in [0.29, 0.717) is 6.54 Å². The molecular formula is C16H25N5S2. The number of hydrogen-bond acceptors (Lipinski definition) is 5.